The SMILES string of the molecule is Cc1ccn2cc(-c3ccc(NC4=CC(=O)N(CCO)C4=O)cc3)nc2n1. The highest BCUT2D eigenvalue weighted by atomic mass is 16.3. The quantitative estimate of drug-likeness (QED) is 0.664. The molecular formula is C19H17N5O3. The number of nitrogens with one attached hydrogen (secondary N) is 1. The molecule has 3 aromatic rings. The molecule has 2 amide bonds. The van der Waals surface area contributed by atoms with E-state index in [2.05, 4.69) is 15.3 Å². The van der Waals surface area contributed by atoms with E-state index in [-0.39, 0.29) is 18.8 Å². The molecule has 1 aromatic carbocycles. The first kappa shape index (κ1) is 16.9. The van der Waals surface area contributed by atoms with Crippen LogP contribution in [0.1, 0.15) is 5.69 Å². The van der Waals surface area contributed by atoms with Crippen LogP contribution in [0.3, 0.4) is 0 Å². The van der Waals surface area contributed by atoms with Crippen molar-refractivity contribution in [2.75, 3.05) is 18.5 Å². The Morgan fingerprint density at radius 2 is 1.89 bits per heavy atom. The molecule has 0 saturated carbocycles. The average molecular weight is 363 g/mol. The molecule has 8 heteroatoms. The number of aliphatic hydroxyl groups excluding tert-OH is 1. The Hall–Kier alpha value is -3.52. The van der Waals surface area contributed by atoms with E-state index in [1.54, 1.807) is 0 Å². The van der Waals surface area contributed by atoms with Gasteiger partial charge in [-0.05, 0) is 25.1 Å². The molecule has 3 heterocycles. The van der Waals surface area contributed by atoms with Crippen LogP contribution < -0.4 is 5.32 Å². The smallest absolute Gasteiger partial charge is 0.277 e. The lowest BCUT2D eigenvalue weighted by atomic mass is 10.1. The number of fused-ring (bicyclic) bond motifs is 1. The third-order valence-electron chi connectivity index (χ3n) is 4.26. The lowest BCUT2D eigenvalue weighted by molar-refractivity contribution is -0.137. The molecule has 8 nitrogen and oxygen atoms in total. The number of nitrogens with zero attached hydrogens (tertiary/aromatic N) is 4. The third kappa shape index (κ3) is 3.18. The number of aromatic nitrogens is 3. The highest BCUT2D eigenvalue weighted by Crippen LogP contribution is 2.23. The number of aliphatic hydroxyl groups is 1. The molecule has 0 radical (unpaired) electrons. The number of benzene rings is 1. The van der Waals surface area contributed by atoms with Crippen molar-refractivity contribution in [3.8, 4) is 11.3 Å². The monoisotopic (exact) mass is 363 g/mol. The van der Waals surface area contributed by atoms with Crippen LogP contribution >= 0.6 is 0 Å². The standard InChI is InChI=1S/C19H17N5O3/c1-12-6-7-23-11-16(22-19(23)20-12)13-2-4-14(5-3-13)21-15-10-17(26)24(8-9-25)18(15)27/h2-7,10-11,21,25H,8-9H2,1H3. The Bertz CT molecular complexity index is 1070. The van der Waals surface area contributed by atoms with Gasteiger partial charge in [-0.2, -0.15) is 0 Å². The highest BCUT2D eigenvalue weighted by Gasteiger charge is 2.30. The second kappa shape index (κ2) is 6.65. The second-order valence-electron chi connectivity index (χ2n) is 6.18. The Balaban J connectivity index is 1.53. The Labute approximate surface area is 154 Å². The van der Waals surface area contributed by atoms with Gasteiger partial charge in [-0.15, -0.1) is 0 Å². The van der Waals surface area contributed by atoms with Crippen molar-refractivity contribution in [2.24, 2.45) is 0 Å². The second-order valence-corrected chi connectivity index (χ2v) is 6.18. The van der Waals surface area contributed by atoms with E-state index in [0.29, 0.717) is 11.5 Å². The van der Waals surface area contributed by atoms with Gasteiger partial charge in [0.2, 0.25) is 5.78 Å². The van der Waals surface area contributed by atoms with Crippen molar-refractivity contribution in [1.29, 1.82) is 0 Å². The largest absolute Gasteiger partial charge is 0.395 e. The van der Waals surface area contributed by atoms with Crippen molar-refractivity contribution in [3.63, 3.8) is 0 Å². The lowest BCUT2D eigenvalue weighted by Crippen LogP contribution is -2.34. The van der Waals surface area contributed by atoms with Crippen LogP contribution in [0, 0.1) is 6.92 Å². The summed E-state index contributed by atoms with van der Waals surface area (Å²) in [4.78, 5) is 33.9. The highest BCUT2D eigenvalue weighted by molar-refractivity contribution is 6.17. The van der Waals surface area contributed by atoms with Crippen LogP contribution in [0.15, 0.2) is 54.5 Å². The van der Waals surface area contributed by atoms with E-state index >= 15 is 0 Å². The fourth-order valence-electron chi connectivity index (χ4n) is 2.89. The maximum atomic E-state index is 12.2. The number of hydrogen-bond acceptors (Lipinski definition) is 6. The number of imide groups is 1. The number of rotatable bonds is 5. The molecule has 136 valence electrons. The van der Waals surface area contributed by atoms with Crippen molar-refractivity contribution in [3.05, 3.63) is 60.2 Å². The van der Waals surface area contributed by atoms with Crippen molar-refractivity contribution >= 4 is 23.3 Å². The molecule has 0 atom stereocenters. The van der Waals surface area contributed by atoms with Gasteiger partial charge in [0, 0.05) is 35.4 Å². The number of β-amino-alcohol motifs (C(OH)–C–C–N with tert-alkyl or cyclic N) is 1. The minimum atomic E-state index is -0.445. The van der Waals surface area contributed by atoms with Gasteiger partial charge in [0.15, 0.2) is 0 Å². The van der Waals surface area contributed by atoms with E-state index in [4.69, 9.17) is 5.11 Å². The number of amides is 2. The topological polar surface area (TPSA) is 99.8 Å². The molecule has 0 bridgehead atoms. The molecular weight excluding hydrogens is 346 g/mol. The van der Waals surface area contributed by atoms with Gasteiger partial charge in [-0.3, -0.25) is 18.9 Å². The summed E-state index contributed by atoms with van der Waals surface area (Å²) in [7, 11) is 0. The number of carbonyl (C=O) groups excluding carboxylic acids is 2. The van der Waals surface area contributed by atoms with Crippen LogP contribution in [-0.4, -0.2) is 49.3 Å². The number of hydrogen-bond donors (Lipinski definition) is 2. The zero-order chi connectivity index (χ0) is 19.0. The minimum Gasteiger partial charge on any atom is -0.395 e. The minimum absolute atomic E-state index is 0.0142. The molecule has 0 unspecified atom stereocenters. The average Bonchev–Trinajstić information content (AvgIpc) is 3.18. The summed E-state index contributed by atoms with van der Waals surface area (Å²) < 4.78 is 1.86. The van der Waals surface area contributed by atoms with Gasteiger partial charge in [0.25, 0.3) is 11.8 Å². The maximum Gasteiger partial charge on any atom is 0.277 e. The summed E-state index contributed by atoms with van der Waals surface area (Å²) in [6, 6.07) is 9.30. The van der Waals surface area contributed by atoms with Crippen molar-refractivity contribution in [1.82, 2.24) is 19.3 Å². The molecule has 4 rings (SSSR count). The van der Waals surface area contributed by atoms with Crippen LogP contribution in [0.5, 0.6) is 0 Å². The Morgan fingerprint density at radius 3 is 2.63 bits per heavy atom. The number of aryl methyl sites for hydroxylation is 1. The van der Waals surface area contributed by atoms with E-state index in [1.807, 2.05) is 54.0 Å². The Morgan fingerprint density at radius 1 is 1.11 bits per heavy atom. The van der Waals surface area contributed by atoms with E-state index in [0.717, 1.165) is 21.9 Å². The summed E-state index contributed by atoms with van der Waals surface area (Å²) in [6.45, 7) is 1.64. The third-order valence-corrected chi connectivity index (χ3v) is 4.26. The first-order valence-corrected chi connectivity index (χ1v) is 8.43. The van der Waals surface area contributed by atoms with Crippen LogP contribution in [-0.2, 0) is 9.59 Å². The summed E-state index contributed by atoms with van der Waals surface area (Å²) in [5.41, 5.74) is 3.47. The molecule has 0 spiro atoms. The van der Waals surface area contributed by atoms with Gasteiger partial charge >= 0.3 is 0 Å². The van der Waals surface area contributed by atoms with Gasteiger partial charge in [-0.1, -0.05) is 12.1 Å². The zero-order valence-electron chi connectivity index (χ0n) is 14.6. The molecule has 1 aliphatic heterocycles. The van der Waals surface area contributed by atoms with Gasteiger partial charge in [0.1, 0.15) is 5.70 Å². The lowest BCUT2D eigenvalue weighted by Gasteiger charge is -2.13. The summed E-state index contributed by atoms with van der Waals surface area (Å²) in [5, 5.41) is 11.9. The molecule has 1 aliphatic rings. The van der Waals surface area contributed by atoms with E-state index in [1.165, 1.54) is 6.08 Å². The number of carbonyl (C=O) groups is 2. The first-order valence-electron chi connectivity index (χ1n) is 8.43. The van der Waals surface area contributed by atoms with Gasteiger partial charge in [0.05, 0.1) is 18.8 Å². The van der Waals surface area contributed by atoms with E-state index < -0.39 is 11.8 Å². The Kier molecular flexibility index (Phi) is 4.17. The van der Waals surface area contributed by atoms with Crippen LogP contribution in [0.4, 0.5) is 5.69 Å². The molecule has 2 N–H and O–H groups in total. The number of anilines is 1. The molecule has 0 saturated heterocycles. The summed E-state index contributed by atoms with van der Waals surface area (Å²) in [5.74, 6) is -0.239. The number of imidazole rings is 1. The summed E-state index contributed by atoms with van der Waals surface area (Å²) >= 11 is 0. The normalized spacial score (nSPS) is 14.1. The van der Waals surface area contributed by atoms with Crippen molar-refractivity contribution < 1.29 is 14.7 Å². The van der Waals surface area contributed by atoms with Crippen LogP contribution in [0.25, 0.3) is 17.0 Å². The molecule has 0 fully saturated rings. The van der Waals surface area contributed by atoms with Gasteiger partial charge in [-0.25, -0.2) is 9.97 Å². The molecule has 2 aromatic heterocycles. The fraction of sp³-hybridized carbons (Fsp3) is 0.158. The zero-order valence-corrected chi connectivity index (χ0v) is 14.6. The summed E-state index contributed by atoms with van der Waals surface area (Å²) in [6.07, 6.45) is 5.05. The van der Waals surface area contributed by atoms with E-state index in [9.17, 15) is 9.59 Å². The maximum absolute atomic E-state index is 12.2. The predicted octanol–water partition coefficient (Wildman–Crippen LogP) is 1.36. The fourth-order valence-corrected chi connectivity index (χ4v) is 2.89. The van der Waals surface area contributed by atoms with Crippen LogP contribution in [0.2, 0.25) is 0 Å². The predicted molar refractivity (Wildman–Crippen MR) is 98.7 cm³/mol. The van der Waals surface area contributed by atoms with Crippen molar-refractivity contribution in [2.45, 2.75) is 6.92 Å². The molecule has 0 aliphatic carbocycles. The molecule has 27 heavy (non-hydrogen) atoms. The first-order chi connectivity index (χ1) is 13.0. The van der Waals surface area contributed by atoms with Gasteiger partial charge < -0.3 is 10.4 Å².